The number of nitrogens with two attached hydrogens (primary N) is 1. The van der Waals surface area contributed by atoms with Crippen LogP contribution in [0.2, 0.25) is 0 Å². The Morgan fingerprint density at radius 1 is 1.06 bits per heavy atom. The fraction of sp³-hybridized carbons (Fsp3) is 0.370. The van der Waals surface area contributed by atoms with Crippen LogP contribution < -0.4 is 11.3 Å². The summed E-state index contributed by atoms with van der Waals surface area (Å²) in [6, 6.07) is 9.55. The van der Waals surface area contributed by atoms with Gasteiger partial charge in [-0.25, -0.2) is 9.67 Å². The molecule has 1 amide bonds. The fourth-order valence-corrected chi connectivity index (χ4v) is 4.98. The normalized spacial score (nSPS) is 11.3. The lowest BCUT2D eigenvalue weighted by molar-refractivity contribution is 0.1000. The molecule has 0 aliphatic carbocycles. The standard InChI is InChI=1S/C27H34N6O2/c1-5-6-8-13-22-25(23(26(28)34)19(3)32(22)15-14-20-16-29-17-30-20)24-18(2)31(4)33(27(24)35)21-11-9-7-10-12-21/h7,9-12,16-17H,5-6,8,13-15H2,1-4H3,(H2,28,34)(H,29,30). The predicted octanol–water partition coefficient (Wildman–Crippen LogP) is 4.06. The van der Waals surface area contributed by atoms with Crippen molar-refractivity contribution in [2.45, 2.75) is 59.4 Å². The maximum absolute atomic E-state index is 13.9. The average Bonchev–Trinajstić information content (AvgIpc) is 3.50. The van der Waals surface area contributed by atoms with E-state index in [1.54, 1.807) is 11.0 Å². The Bertz CT molecular complexity index is 1370. The van der Waals surface area contributed by atoms with Gasteiger partial charge in [-0.15, -0.1) is 0 Å². The van der Waals surface area contributed by atoms with E-state index in [-0.39, 0.29) is 5.56 Å². The molecule has 1 aromatic carbocycles. The van der Waals surface area contributed by atoms with Crippen molar-refractivity contribution in [3.05, 3.63) is 81.5 Å². The number of rotatable bonds is 10. The van der Waals surface area contributed by atoms with Crippen LogP contribution in [0.1, 0.15) is 59.3 Å². The van der Waals surface area contributed by atoms with Crippen LogP contribution in [0.3, 0.4) is 0 Å². The Labute approximate surface area is 205 Å². The van der Waals surface area contributed by atoms with Gasteiger partial charge in [0, 0.05) is 54.5 Å². The molecule has 0 aliphatic rings. The van der Waals surface area contributed by atoms with Crippen LogP contribution in [0.4, 0.5) is 0 Å². The van der Waals surface area contributed by atoms with Gasteiger partial charge >= 0.3 is 0 Å². The first-order valence-corrected chi connectivity index (χ1v) is 12.2. The lowest BCUT2D eigenvalue weighted by Crippen LogP contribution is -2.21. The van der Waals surface area contributed by atoms with Gasteiger partial charge in [-0.05, 0) is 38.8 Å². The quantitative estimate of drug-likeness (QED) is 0.339. The number of primary amides is 1. The van der Waals surface area contributed by atoms with Crippen molar-refractivity contribution in [3.8, 4) is 16.8 Å². The first kappa shape index (κ1) is 24.3. The lowest BCUT2D eigenvalue weighted by atomic mass is 9.97. The molecule has 184 valence electrons. The summed E-state index contributed by atoms with van der Waals surface area (Å²) in [6.07, 6.45) is 8.09. The van der Waals surface area contributed by atoms with E-state index in [4.69, 9.17) is 5.73 Å². The number of hydrogen-bond donors (Lipinski definition) is 2. The van der Waals surface area contributed by atoms with Crippen LogP contribution in [0.5, 0.6) is 0 Å². The Morgan fingerprint density at radius 3 is 2.43 bits per heavy atom. The monoisotopic (exact) mass is 474 g/mol. The molecule has 0 radical (unpaired) electrons. The highest BCUT2D eigenvalue weighted by molar-refractivity contribution is 6.02. The van der Waals surface area contributed by atoms with Crippen LogP contribution in [-0.2, 0) is 26.4 Å². The molecule has 35 heavy (non-hydrogen) atoms. The van der Waals surface area contributed by atoms with Crippen LogP contribution in [0.15, 0.2) is 47.7 Å². The van der Waals surface area contributed by atoms with Gasteiger partial charge in [0.05, 0.1) is 23.1 Å². The van der Waals surface area contributed by atoms with Crippen molar-refractivity contribution in [1.82, 2.24) is 23.9 Å². The van der Waals surface area contributed by atoms with Crippen LogP contribution in [-0.4, -0.2) is 29.8 Å². The third-order valence-corrected chi connectivity index (χ3v) is 6.86. The number of amides is 1. The van der Waals surface area contributed by atoms with E-state index in [2.05, 4.69) is 21.5 Å². The van der Waals surface area contributed by atoms with E-state index in [0.29, 0.717) is 23.2 Å². The van der Waals surface area contributed by atoms with Crippen LogP contribution in [0.25, 0.3) is 16.8 Å². The average molecular weight is 475 g/mol. The molecule has 3 aromatic heterocycles. The van der Waals surface area contributed by atoms with Crippen LogP contribution >= 0.6 is 0 Å². The Morgan fingerprint density at radius 2 is 1.80 bits per heavy atom. The molecule has 0 spiro atoms. The number of carbonyl (C=O) groups excluding carboxylic acids is 1. The van der Waals surface area contributed by atoms with E-state index in [0.717, 1.165) is 60.6 Å². The summed E-state index contributed by atoms with van der Waals surface area (Å²) in [6.45, 7) is 6.68. The molecule has 4 aromatic rings. The van der Waals surface area contributed by atoms with E-state index >= 15 is 0 Å². The largest absolute Gasteiger partial charge is 0.366 e. The number of aromatic amines is 1. The number of nitrogens with one attached hydrogen (secondary N) is 1. The number of aromatic nitrogens is 5. The number of aryl methyl sites for hydroxylation is 1. The fourth-order valence-electron chi connectivity index (χ4n) is 4.98. The molecule has 0 bridgehead atoms. The third-order valence-electron chi connectivity index (χ3n) is 6.86. The van der Waals surface area contributed by atoms with Crippen molar-refractivity contribution < 1.29 is 4.79 Å². The summed E-state index contributed by atoms with van der Waals surface area (Å²) in [5.74, 6) is -0.511. The number of unbranched alkanes of at least 4 members (excludes halogenated alkanes) is 2. The summed E-state index contributed by atoms with van der Waals surface area (Å²) < 4.78 is 5.68. The van der Waals surface area contributed by atoms with E-state index in [1.807, 2.05) is 62.1 Å². The molecular weight excluding hydrogens is 440 g/mol. The number of carbonyl (C=O) groups is 1. The Kier molecular flexibility index (Phi) is 7.10. The van der Waals surface area contributed by atoms with Gasteiger partial charge in [-0.1, -0.05) is 38.0 Å². The number of hydrogen-bond acceptors (Lipinski definition) is 3. The molecule has 0 saturated heterocycles. The van der Waals surface area contributed by atoms with Crippen molar-refractivity contribution >= 4 is 5.91 Å². The highest BCUT2D eigenvalue weighted by Crippen LogP contribution is 2.35. The first-order valence-electron chi connectivity index (χ1n) is 12.2. The number of imidazole rings is 1. The maximum Gasteiger partial charge on any atom is 0.279 e. The van der Waals surface area contributed by atoms with Gasteiger partial charge < -0.3 is 15.3 Å². The molecule has 8 heteroatoms. The maximum atomic E-state index is 13.9. The van der Waals surface area contributed by atoms with Crippen molar-refractivity contribution in [3.63, 3.8) is 0 Å². The molecular formula is C27H34N6O2. The molecule has 4 rings (SSSR count). The molecule has 0 fully saturated rings. The lowest BCUT2D eigenvalue weighted by Gasteiger charge is -2.13. The van der Waals surface area contributed by atoms with Crippen molar-refractivity contribution in [1.29, 1.82) is 0 Å². The topological polar surface area (TPSA) is 104 Å². The van der Waals surface area contributed by atoms with E-state index in [1.165, 1.54) is 0 Å². The van der Waals surface area contributed by atoms with Gasteiger partial charge in [0.15, 0.2) is 0 Å². The second-order valence-electron chi connectivity index (χ2n) is 9.02. The molecule has 0 aliphatic heterocycles. The third kappa shape index (κ3) is 4.48. The highest BCUT2D eigenvalue weighted by Gasteiger charge is 2.30. The van der Waals surface area contributed by atoms with Gasteiger partial charge in [0.1, 0.15) is 0 Å². The minimum Gasteiger partial charge on any atom is -0.366 e. The van der Waals surface area contributed by atoms with E-state index in [9.17, 15) is 9.59 Å². The van der Waals surface area contributed by atoms with Gasteiger partial charge in [0.2, 0.25) is 0 Å². The SMILES string of the molecule is CCCCCc1c(-c2c(C)n(C)n(-c3ccccc3)c2=O)c(C(N)=O)c(C)n1CCc1cnc[nH]1. The summed E-state index contributed by atoms with van der Waals surface area (Å²) in [5.41, 5.74) is 11.8. The summed E-state index contributed by atoms with van der Waals surface area (Å²) in [5, 5.41) is 0. The van der Waals surface area contributed by atoms with Crippen molar-refractivity contribution in [2.75, 3.05) is 0 Å². The second-order valence-corrected chi connectivity index (χ2v) is 9.02. The molecule has 0 unspecified atom stereocenters. The molecule has 3 N–H and O–H groups in total. The van der Waals surface area contributed by atoms with Gasteiger partial charge in [-0.2, -0.15) is 0 Å². The minimum absolute atomic E-state index is 0.152. The zero-order chi connectivity index (χ0) is 25.1. The number of para-hydroxylation sites is 1. The number of benzene rings is 1. The van der Waals surface area contributed by atoms with Crippen molar-refractivity contribution in [2.24, 2.45) is 12.8 Å². The molecule has 0 atom stereocenters. The highest BCUT2D eigenvalue weighted by atomic mass is 16.1. The minimum atomic E-state index is -0.511. The van der Waals surface area contributed by atoms with Gasteiger partial charge in [-0.3, -0.25) is 14.3 Å². The summed E-state index contributed by atoms with van der Waals surface area (Å²) >= 11 is 0. The van der Waals surface area contributed by atoms with E-state index < -0.39 is 5.91 Å². The molecule has 3 heterocycles. The Hall–Kier alpha value is -3.81. The number of nitrogens with zero attached hydrogens (tertiary/aromatic N) is 4. The zero-order valence-electron chi connectivity index (χ0n) is 21.0. The first-order chi connectivity index (χ1) is 16.9. The zero-order valence-corrected chi connectivity index (χ0v) is 21.0. The van der Waals surface area contributed by atoms with Gasteiger partial charge in [0.25, 0.3) is 11.5 Å². The summed E-state index contributed by atoms with van der Waals surface area (Å²) in [7, 11) is 1.87. The second kappa shape index (κ2) is 10.2. The number of H-pyrrole nitrogens is 1. The Balaban J connectivity index is 1.95. The molecule has 8 nitrogen and oxygen atoms in total. The predicted molar refractivity (Wildman–Crippen MR) is 138 cm³/mol. The smallest absolute Gasteiger partial charge is 0.279 e. The molecule has 0 saturated carbocycles. The van der Waals surface area contributed by atoms with Crippen LogP contribution in [0, 0.1) is 13.8 Å². The summed E-state index contributed by atoms with van der Waals surface area (Å²) in [4.78, 5) is 34.0.